The minimum atomic E-state index is -0.420. The molecule has 7 heteroatoms. The summed E-state index contributed by atoms with van der Waals surface area (Å²) in [5.41, 5.74) is 5.81. The number of hydrogen-bond donors (Lipinski definition) is 2. The van der Waals surface area contributed by atoms with Crippen molar-refractivity contribution < 1.29 is 9.21 Å². The number of rotatable bonds is 6. The maximum Gasteiger partial charge on any atom is 0.271 e. The molecular weight excluding hydrogens is 334 g/mol. The predicted octanol–water partition coefficient (Wildman–Crippen LogP) is 3.63. The highest BCUT2D eigenvalue weighted by Crippen LogP contribution is 2.26. The van der Waals surface area contributed by atoms with E-state index in [-0.39, 0.29) is 18.3 Å². The van der Waals surface area contributed by atoms with E-state index in [1.54, 1.807) is 5.38 Å². The van der Waals surface area contributed by atoms with Crippen molar-refractivity contribution in [1.82, 2.24) is 10.3 Å². The molecule has 0 aliphatic heterocycles. The van der Waals surface area contributed by atoms with Gasteiger partial charge in [-0.3, -0.25) is 4.79 Å². The molecule has 3 N–H and O–H groups in total. The Bertz CT molecular complexity index is 653. The van der Waals surface area contributed by atoms with Crippen LogP contribution in [0.4, 0.5) is 0 Å². The maximum absolute atomic E-state index is 12.4. The van der Waals surface area contributed by atoms with Crippen LogP contribution in [-0.2, 0) is 0 Å². The largest absolute Gasteiger partial charge is 0.459 e. The lowest BCUT2D eigenvalue weighted by Gasteiger charge is -2.30. The first-order valence-electron chi connectivity index (χ1n) is 7.38. The van der Waals surface area contributed by atoms with E-state index >= 15 is 0 Å². The van der Waals surface area contributed by atoms with Crippen molar-refractivity contribution in [3.63, 3.8) is 0 Å². The summed E-state index contributed by atoms with van der Waals surface area (Å²) in [4.78, 5) is 16.8. The summed E-state index contributed by atoms with van der Waals surface area (Å²) in [7, 11) is 0. The van der Waals surface area contributed by atoms with Crippen LogP contribution in [0.5, 0.6) is 0 Å². The van der Waals surface area contributed by atoms with Crippen molar-refractivity contribution in [2.75, 3.05) is 6.54 Å². The van der Waals surface area contributed by atoms with E-state index in [0.29, 0.717) is 28.9 Å². The van der Waals surface area contributed by atoms with E-state index in [0.717, 1.165) is 12.2 Å². The van der Waals surface area contributed by atoms with Gasteiger partial charge in [0, 0.05) is 11.9 Å². The molecular formula is C16H24ClN3O2S. The molecule has 0 spiro atoms. The molecule has 0 saturated heterocycles. The molecule has 2 aromatic heterocycles. The van der Waals surface area contributed by atoms with Gasteiger partial charge in [0.25, 0.3) is 5.91 Å². The van der Waals surface area contributed by atoms with E-state index in [2.05, 4.69) is 24.1 Å². The van der Waals surface area contributed by atoms with Crippen LogP contribution in [0.2, 0.25) is 0 Å². The third kappa shape index (κ3) is 5.06. The summed E-state index contributed by atoms with van der Waals surface area (Å²) >= 11 is 1.39. The van der Waals surface area contributed by atoms with Gasteiger partial charge in [0.05, 0.1) is 5.54 Å². The fourth-order valence-electron chi connectivity index (χ4n) is 2.47. The molecule has 2 heterocycles. The number of nitrogens with one attached hydrogen (secondary N) is 1. The molecule has 0 radical (unpaired) electrons. The molecule has 0 bridgehead atoms. The SMILES string of the molecule is Cc1ccc(-c2nc(C(=O)NC(C)(CN)CC(C)C)cs2)o1.Cl. The Hall–Kier alpha value is -1.37. The van der Waals surface area contributed by atoms with Gasteiger partial charge < -0.3 is 15.5 Å². The molecule has 1 amide bonds. The van der Waals surface area contributed by atoms with Gasteiger partial charge in [0.1, 0.15) is 11.5 Å². The number of thiazole rings is 1. The van der Waals surface area contributed by atoms with Gasteiger partial charge >= 0.3 is 0 Å². The van der Waals surface area contributed by atoms with Crippen LogP contribution in [-0.4, -0.2) is 23.0 Å². The zero-order valence-corrected chi connectivity index (χ0v) is 15.5. The number of carbonyl (C=O) groups excluding carboxylic acids is 1. The Kier molecular flexibility index (Phi) is 6.80. The fraction of sp³-hybridized carbons (Fsp3) is 0.500. The van der Waals surface area contributed by atoms with Gasteiger partial charge in [0.2, 0.25) is 0 Å². The molecule has 0 fully saturated rings. The van der Waals surface area contributed by atoms with Crippen molar-refractivity contribution >= 4 is 29.7 Å². The van der Waals surface area contributed by atoms with Crippen LogP contribution in [0.3, 0.4) is 0 Å². The number of nitrogens with two attached hydrogens (primary N) is 1. The Labute approximate surface area is 147 Å². The fourth-order valence-corrected chi connectivity index (χ4v) is 3.23. The topological polar surface area (TPSA) is 81.2 Å². The Morgan fingerprint density at radius 3 is 2.70 bits per heavy atom. The highest BCUT2D eigenvalue weighted by molar-refractivity contribution is 7.13. The zero-order valence-electron chi connectivity index (χ0n) is 13.9. The first-order chi connectivity index (χ1) is 10.3. The summed E-state index contributed by atoms with van der Waals surface area (Å²) in [6.07, 6.45) is 0.823. The number of furan rings is 1. The molecule has 1 unspecified atom stereocenters. The van der Waals surface area contributed by atoms with E-state index < -0.39 is 5.54 Å². The van der Waals surface area contributed by atoms with Crippen molar-refractivity contribution in [2.24, 2.45) is 11.7 Å². The molecule has 0 aromatic carbocycles. The molecule has 23 heavy (non-hydrogen) atoms. The zero-order chi connectivity index (χ0) is 16.3. The van der Waals surface area contributed by atoms with E-state index in [4.69, 9.17) is 10.2 Å². The quantitative estimate of drug-likeness (QED) is 0.827. The number of hydrogen-bond acceptors (Lipinski definition) is 5. The van der Waals surface area contributed by atoms with Crippen LogP contribution in [0, 0.1) is 12.8 Å². The molecule has 0 aliphatic rings. The molecule has 2 rings (SSSR count). The highest BCUT2D eigenvalue weighted by atomic mass is 35.5. The van der Waals surface area contributed by atoms with E-state index in [1.807, 2.05) is 26.0 Å². The van der Waals surface area contributed by atoms with E-state index in [9.17, 15) is 4.79 Å². The third-order valence-electron chi connectivity index (χ3n) is 3.41. The minimum absolute atomic E-state index is 0. The standard InChI is InChI=1S/C16H23N3O2S.ClH/c1-10(2)7-16(4,9-17)19-14(20)12-8-22-15(18-12)13-6-5-11(3)21-13;/h5-6,8,10H,7,9,17H2,1-4H3,(H,19,20);1H. The molecule has 0 aliphatic carbocycles. The average Bonchev–Trinajstić information content (AvgIpc) is 3.06. The van der Waals surface area contributed by atoms with Crippen LogP contribution < -0.4 is 11.1 Å². The van der Waals surface area contributed by atoms with Crippen molar-refractivity contribution in [3.05, 3.63) is 29.0 Å². The predicted molar refractivity (Wildman–Crippen MR) is 96.2 cm³/mol. The van der Waals surface area contributed by atoms with Crippen LogP contribution in [0.15, 0.2) is 21.9 Å². The third-order valence-corrected chi connectivity index (χ3v) is 4.27. The van der Waals surface area contributed by atoms with Crippen LogP contribution in [0.25, 0.3) is 10.8 Å². The number of nitrogens with zero attached hydrogens (tertiary/aromatic N) is 1. The lowest BCUT2D eigenvalue weighted by Crippen LogP contribution is -2.52. The van der Waals surface area contributed by atoms with Crippen LogP contribution >= 0.6 is 23.7 Å². The Morgan fingerprint density at radius 2 is 2.17 bits per heavy atom. The molecule has 128 valence electrons. The van der Waals surface area contributed by atoms with Gasteiger partial charge in [-0.25, -0.2) is 4.98 Å². The molecule has 1 atom stereocenters. The highest BCUT2D eigenvalue weighted by Gasteiger charge is 2.27. The lowest BCUT2D eigenvalue weighted by atomic mass is 9.90. The second kappa shape index (κ2) is 7.95. The van der Waals surface area contributed by atoms with Gasteiger partial charge in [-0.2, -0.15) is 0 Å². The smallest absolute Gasteiger partial charge is 0.271 e. The summed E-state index contributed by atoms with van der Waals surface area (Å²) in [6.45, 7) is 8.46. The van der Waals surface area contributed by atoms with Crippen molar-refractivity contribution in [1.29, 1.82) is 0 Å². The monoisotopic (exact) mass is 357 g/mol. The first kappa shape index (κ1) is 19.7. The Morgan fingerprint density at radius 1 is 1.48 bits per heavy atom. The Balaban J connectivity index is 0.00000264. The number of amides is 1. The van der Waals surface area contributed by atoms with E-state index in [1.165, 1.54) is 11.3 Å². The van der Waals surface area contributed by atoms with Crippen molar-refractivity contribution in [3.8, 4) is 10.8 Å². The first-order valence-corrected chi connectivity index (χ1v) is 8.26. The van der Waals surface area contributed by atoms with Crippen molar-refractivity contribution in [2.45, 2.75) is 39.7 Å². The normalized spacial score (nSPS) is 13.5. The summed E-state index contributed by atoms with van der Waals surface area (Å²) < 4.78 is 5.53. The average molecular weight is 358 g/mol. The summed E-state index contributed by atoms with van der Waals surface area (Å²) in [5, 5.41) is 5.46. The second-order valence-corrected chi connectivity index (χ2v) is 7.12. The van der Waals surface area contributed by atoms with Crippen LogP contribution in [0.1, 0.15) is 43.4 Å². The number of carbonyl (C=O) groups is 1. The molecule has 2 aromatic rings. The summed E-state index contributed by atoms with van der Waals surface area (Å²) in [6, 6.07) is 3.74. The lowest BCUT2D eigenvalue weighted by molar-refractivity contribution is 0.0894. The number of aromatic nitrogens is 1. The molecule has 0 saturated carbocycles. The summed E-state index contributed by atoms with van der Waals surface area (Å²) in [5.74, 6) is 1.76. The number of aryl methyl sites for hydroxylation is 1. The number of halogens is 1. The van der Waals surface area contributed by atoms with Gasteiger partial charge in [0.15, 0.2) is 10.8 Å². The van der Waals surface area contributed by atoms with Gasteiger partial charge in [-0.05, 0) is 38.3 Å². The maximum atomic E-state index is 12.4. The molecule has 5 nitrogen and oxygen atoms in total. The van der Waals surface area contributed by atoms with Gasteiger partial charge in [-0.1, -0.05) is 13.8 Å². The minimum Gasteiger partial charge on any atom is -0.459 e. The second-order valence-electron chi connectivity index (χ2n) is 6.27. The van der Waals surface area contributed by atoms with Gasteiger partial charge in [-0.15, -0.1) is 23.7 Å².